The number of nitrogens with zero attached hydrogens (tertiary/aromatic N) is 4. The highest BCUT2D eigenvalue weighted by molar-refractivity contribution is 9.10. The molecule has 6 rings (SSSR count). The lowest BCUT2D eigenvalue weighted by Gasteiger charge is -2.31. The fraction of sp³-hybridized carbons (Fsp3) is 0.258. The monoisotopic (exact) mass is 600 g/mol. The molecule has 0 radical (unpaired) electrons. The molecule has 0 aliphatic carbocycles. The van der Waals surface area contributed by atoms with E-state index in [-0.39, 0.29) is 0 Å². The highest BCUT2D eigenvalue weighted by atomic mass is 79.9. The number of amides is 1. The Bertz CT molecular complexity index is 1890. The maximum absolute atomic E-state index is 13.1. The van der Waals surface area contributed by atoms with Crippen LogP contribution in [-0.2, 0) is 21.6 Å². The number of rotatable bonds is 3. The second-order valence-electron chi connectivity index (χ2n) is 11.4. The minimum absolute atomic E-state index is 0.398. The quantitative estimate of drug-likeness (QED) is 0.218. The van der Waals surface area contributed by atoms with E-state index in [1.807, 2.05) is 104 Å². The summed E-state index contributed by atoms with van der Waals surface area (Å²) in [5.74, 6) is 0. The molecule has 0 bridgehead atoms. The third-order valence-electron chi connectivity index (χ3n) is 6.98. The van der Waals surface area contributed by atoms with E-state index in [1.165, 1.54) is 0 Å². The van der Waals surface area contributed by atoms with Gasteiger partial charge in [-0.05, 0) is 82.6 Å². The summed E-state index contributed by atoms with van der Waals surface area (Å²) in [5, 5.41) is 0.943. The molecule has 0 saturated heterocycles. The van der Waals surface area contributed by atoms with Gasteiger partial charge in [0.2, 0.25) is 5.62 Å². The highest BCUT2D eigenvalue weighted by Crippen LogP contribution is 2.38. The summed E-state index contributed by atoms with van der Waals surface area (Å²) in [5.41, 5.74) is 4.39. The molecule has 40 heavy (non-hydrogen) atoms. The van der Waals surface area contributed by atoms with Crippen molar-refractivity contribution in [1.29, 1.82) is 0 Å². The standard InChI is InChI=1S/C31H29BrN4O4/c1-30(2,3)39-28(37)33-27-35(24-8-6-7-9-25(24)36(27)21-13-11-20(32)12-14-21)18-19-10-15-23-26-22(19)16-17-34(26)29(38)40-31(23,4)5/h6-17H,18H2,1-5H3. The van der Waals surface area contributed by atoms with E-state index >= 15 is 0 Å². The van der Waals surface area contributed by atoms with Crippen LogP contribution in [0.1, 0.15) is 45.7 Å². The number of imidazole rings is 1. The molecule has 204 valence electrons. The molecule has 0 fully saturated rings. The number of para-hydroxylation sites is 2. The van der Waals surface area contributed by atoms with Crippen LogP contribution in [0.5, 0.6) is 0 Å². The van der Waals surface area contributed by atoms with Gasteiger partial charge in [-0.2, -0.15) is 0 Å². The number of benzene rings is 3. The third kappa shape index (κ3) is 4.44. The van der Waals surface area contributed by atoms with E-state index in [2.05, 4.69) is 27.0 Å². The number of carbonyl (C=O) groups excluding carboxylic acids is 2. The van der Waals surface area contributed by atoms with Gasteiger partial charge in [-0.1, -0.05) is 40.2 Å². The third-order valence-corrected chi connectivity index (χ3v) is 7.51. The number of ether oxygens (including phenoxy) is 2. The summed E-state index contributed by atoms with van der Waals surface area (Å²) in [4.78, 5) is 30.3. The van der Waals surface area contributed by atoms with Gasteiger partial charge in [-0.25, -0.2) is 9.59 Å². The summed E-state index contributed by atoms with van der Waals surface area (Å²) in [7, 11) is 0. The first-order chi connectivity index (χ1) is 18.9. The van der Waals surface area contributed by atoms with Crippen molar-refractivity contribution in [2.45, 2.75) is 52.4 Å². The molecule has 0 spiro atoms. The lowest BCUT2D eigenvalue weighted by molar-refractivity contribution is 0.0331. The minimum atomic E-state index is -0.746. The molecule has 0 N–H and O–H groups in total. The highest BCUT2D eigenvalue weighted by Gasteiger charge is 2.35. The summed E-state index contributed by atoms with van der Waals surface area (Å²) >= 11 is 3.52. The van der Waals surface area contributed by atoms with Gasteiger partial charge in [-0.15, -0.1) is 4.99 Å². The number of fused-ring (bicyclic) bond motifs is 1. The number of cyclic esters (lactones) is 1. The van der Waals surface area contributed by atoms with Crippen molar-refractivity contribution in [2.24, 2.45) is 4.99 Å². The van der Waals surface area contributed by atoms with Crippen LogP contribution in [-0.4, -0.2) is 31.5 Å². The molecule has 0 saturated carbocycles. The summed E-state index contributed by atoms with van der Waals surface area (Å²) in [6.07, 6.45) is 0.675. The van der Waals surface area contributed by atoms with Crippen LogP contribution < -0.4 is 5.62 Å². The molecular weight excluding hydrogens is 572 g/mol. The van der Waals surface area contributed by atoms with Crippen molar-refractivity contribution in [3.8, 4) is 5.69 Å². The van der Waals surface area contributed by atoms with Gasteiger partial charge in [0.15, 0.2) is 0 Å². The Balaban J connectivity index is 1.61. The van der Waals surface area contributed by atoms with Crippen molar-refractivity contribution < 1.29 is 19.1 Å². The summed E-state index contributed by atoms with van der Waals surface area (Å²) < 4.78 is 17.8. The van der Waals surface area contributed by atoms with Crippen LogP contribution in [0.15, 0.2) is 82.4 Å². The van der Waals surface area contributed by atoms with Gasteiger partial charge in [0.05, 0.1) is 23.1 Å². The molecule has 3 aromatic carbocycles. The topological polar surface area (TPSA) is 79.8 Å². The maximum atomic E-state index is 13.1. The number of hydrogen-bond donors (Lipinski definition) is 0. The van der Waals surface area contributed by atoms with Crippen LogP contribution in [0, 0.1) is 0 Å². The molecule has 1 amide bonds. The number of carbonyl (C=O) groups is 2. The van der Waals surface area contributed by atoms with Crippen molar-refractivity contribution in [2.75, 3.05) is 0 Å². The van der Waals surface area contributed by atoms with Crippen molar-refractivity contribution in [3.05, 3.63) is 94.1 Å². The van der Waals surface area contributed by atoms with Crippen molar-refractivity contribution in [1.82, 2.24) is 13.7 Å². The zero-order valence-corrected chi connectivity index (χ0v) is 24.5. The molecule has 8 nitrogen and oxygen atoms in total. The van der Waals surface area contributed by atoms with E-state index < -0.39 is 23.4 Å². The average Bonchev–Trinajstić information content (AvgIpc) is 3.44. The Morgan fingerprint density at radius 2 is 1.70 bits per heavy atom. The molecule has 3 heterocycles. The second-order valence-corrected chi connectivity index (χ2v) is 12.3. The lowest BCUT2D eigenvalue weighted by Crippen LogP contribution is -2.33. The van der Waals surface area contributed by atoms with Gasteiger partial charge in [0.25, 0.3) is 0 Å². The van der Waals surface area contributed by atoms with Gasteiger partial charge in [0, 0.05) is 27.3 Å². The predicted octanol–water partition coefficient (Wildman–Crippen LogP) is 7.27. The number of halogens is 1. The van der Waals surface area contributed by atoms with E-state index in [0.29, 0.717) is 12.2 Å². The smallest absolute Gasteiger partial charge is 0.437 e. The van der Waals surface area contributed by atoms with Gasteiger partial charge < -0.3 is 14.0 Å². The average molecular weight is 602 g/mol. The zero-order valence-electron chi connectivity index (χ0n) is 22.9. The first-order valence-corrected chi connectivity index (χ1v) is 13.8. The Morgan fingerprint density at radius 1 is 1.00 bits per heavy atom. The zero-order chi connectivity index (χ0) is 28.4. The molecule has 5 aromatic rings. The normalized spacial score (nSPS) is 15.1. The van der Waals surface area contributed by atoms with E-state index in [1.54, 1.807) is 10.8 Å². The van der Waals surface area contributed by atoms with Crippen LogP contribution >= 0.6 is 15.9 Å². The minimum Gasteiger partial charge on any atom is -0.442 e. The van der Waals surface area contributed by atoms with E-state index in [9.17, 15) is 9.59 Å². The van der Waals surface area contributed by atoms with Crippen LogP contribution in [0.2, 0.25) is 0 Å². The molecule has 9 heteroatoms. The van der Waals surface area contributed by atoms with Gasteiger partial charge >= 0.3 is 12.2 Å². The molecule has 0 atom stereocenters. The maximum Gasteiger partial charge on any atom is 0.437 e. The molecule has 1 aliphatic rings. The molecule has 0 unspecified atom stereocenters. The Labute approximate surface area is 239 Å². The molecule has 2 aromatic heterocycles. The first-order valence-electron chi connectivity index (χ1n) is 13.0. The molecular formula is C31H29BrN4O4. The van der Waals surface area contributed by atoms with E-state index in [0.717, 1.165) is 43.2 Å². The molecule has 1 aliphatic heterocycles. The van der Waals surface area contributed by atoms with Crippen LogP contribution in [0.3, 0.4) is 0 Å². The SMILES string of the molecule is CC(C)(C)OC(=O)N=c1n(Cc2ccc3c4c2ccn4C(=O)OC3(C)C)c2ccccc2n1-c1ccc(Br)cc1. The lowest BCUT2D eigenvalue weighted by atomic mass is 9.93. The second kappa shape index (κ2) is 9.23. The van der Waals surface area contributed by atoms with Gasteiger partial charge in [0.1, 0.15) is 11.2 Å². The van der Waals surface area contributed by atoms with E-state index in [4.69, 9.17) is 9.47 Å². The summed E-state index contributed by atoms with van der Waals surface area (Å²) in [6.45, 7) is 9.65. The van der Waals surface area contributed by atoms with Crippen molar-refractivity contribution >= 4 is 50.1 Å². The number of hydrogen-bond acceptors (Lipinski definition) is 4. The fourth-order valence-electron chi connectivity index (χ4n) is 5.28. The summed E-state index contributed by atoms with van der Waals surface area (Å²) in [6, 6.07) is 21.8. The Kier molecular flexibility index (Phi) is 6.03. The predicted molar refractivity (Wildman–Crippen MR) is 157 cm³/mol. The Morgan fingerprint density at radius 3 is 2.40 bits per heavy atom. The van der Waals surface area contributed by atoms with Gasteiger partial charge in [-0.3, -0.25) is 9.13 Å². The number of aromatic nitrogens is 3. The van der Waals surface area contributed by atoms with Crippen LogP contribution in [0.4, 0.5) is 9.59 Å². The van der Waals surface area contributed by atoms with Crippen LogP contribution in [0.25, 0.3) is 27.6 Å². The largest absolute Gasteiger partial charge is 0.442 e. The fourth-order valence-corrected chi connectivity index (χ4v) is 5.55. The first kappa shape index (κ1) is 26.1. The van der Waals surface area contributed by atoms with Crippen molar-refractivity contribution in [3.63, 3.8) is 0 Å². The Hall–Kier alpha value is -4.11.